The number of aromatic nitrogens is 1. The number of thiazole rings is 1. The van der Waals surface area contributed by atoms with Crippen molar-refractivity contribution in [2.24, 2.45) is 0 Å². The van der Waals surface area contributed by atoms with Crippen LogP contribution in [-0.2, 0) is 6.42 Å². The van der Waals surface area contributed by atoms with Crippen LogP contribution in [0.2, 0.25) is 0 Å². The van der Waals surface area contributed by atoms with Crippen LogP contribution in [0.15, 0.2) is 17.5 Å². The largest absolute Gasteiger partial charge is 0.493 e. The van der Waals surface area contributed by atoms with Crippen LogP contribution < -0.4 is 10.5 Å². The molecule has 0 saturated heterocycles. The van der Waals surface area contributed by atoms with Crippen LogP contribution >= 0.6 is 11.3 Å². The highest BCUT2D eigenvalue weighted by molar-refractivity contribution is 7.13. The molecule has 0 spiro atoms. The molecule has 2 N–H and O–H groups in total. The van der Waals surface area contributed by atoms with Gasteiger partial charge >= 0.3 is 0 Å². The maximum Gasteiger partial charge on any atom is 0.180 e. The molecule has 2 aromatic rings. The van der Waals surface area contributed by atoms with Gasteiger partial charge in [-0.05, 0) is 37.5 Å². The van der Waals surface area contributed by atoms with Gasteiger partial charge in [-0.2, -0.15) is 0 Å². The van der Waals surface area contributed by atoms with Gasteiger partial charge in [-0.1, -0.05) is 12.1 Å². The van der Waals surface area contributed by atoms with Crippen LogP contribution in [-0.4, -0.2) is 11.6 Å². The van der Waals surface area contributed by atoms with Gasteiger partial charge in [0.1, 0.15) is 5.75 Å². The zero-order valence-corrected chi connectivity index (χ0v) is 11.8. The van der Waals surface area contributed by atoms with Gasteiger partial charge in [0.25, 0.3) is 0 Å². The summed E-state index contributed by atoms with van der Waals surface area (Å²) in [7, 11) is 0. The minimum atomic E-state index is 0.618. The highest BCUT2D eigenvalue weighted by Crippen LogP contribution is 2.25. The Morgan fingerprint density at radius 3 is 2.61 bits per heavy atom. The zero-order chi connectivity index (χ0) is 13.1. The number of rotatable bonds is 4. The minimum Gasteiger partial charge on any atom is -0.493 e. The number of ether oxygens (including phenoxy) is 1. The van der Waals surface area contributed by atoms with E-state index >= 15 is 0 Å². The lowest BCUT2D eigenvalue weighted by Gasteiger charge is -2.13. The van der Waals surface area contributed by atoms with E-state index in [9.17, 15) is 0 Å². The summed E-state index contributed by atoms with van der Waals surface area (Å²) < 4.78 is 5.89. The van der Waals surface area contributed by atoms with Crippen molar-refractivity contribution < 1.29 is 4.74 Å². The summed E-state index contributed by atoms with van der Waals surface area (Å²) in [6, 6.07) is 4.22. The Morgan fingerprint density at radius 1 is 1.22 bits per heavy atom. The number of hydrogen-bond donors (Lipinski definition) is 1. The van der Waals surface area contributed by atoms with Crippen molar-refractivity contribution in [3.05, 3.63) is 39.9 Å². The van der Waals surface area contributed by atoms with Gasteiger partial charge in [-0.25, -0.2) is 4.98 Å². The first-order valence-electron chi connectivity index (χ1n) is 5.97. The molecule has 0 radical (unpaired) electrons. The van der Waals surface area contributed by atoms with Crippen molar-refractivity contribution in [1.29, 1.82) is 0 Å². The van der Waals surface area contributed by atoms with E-state index in [1.807, 2.05) is 5.38 Å². The quantitative estimate of drug-likeness (QED) is 0.920. The van der Waals surface area contributed by atoms with E-state index in [1.54, 1.807) is 0 Å². The summed E-state index contributed by atoms with van der Waals surface area (Å²) >= 11 is 1.47. The average molecular weight is 262 g/mol. The zero-order valence-electron chi connectivity index (χ0n) is 11.0. The van der Waals surface area contributed by atoms with Gasteiger partial charge in [0, 0.05) is 11.8 Å². The van der Waals surface area contributed by atoms with Gasteiger partial charge in [-0.15, -0.1) is 11.3 Å². The number of anilines is 1. The predicted molar refractivity (Wildman–Crippen MR) is 76.4 cm³/mol. The maximum atomic E-state index is 5.89. The van der Waals surface area contributed by atoms with Crippen LogP contribution in [0.4, 0.5) is 5.13 Å². The fourth-order valence-corrected chi connectivity index (χ4v) is 2.44. The molecule has 0 atom stereocenters. The molecule has 0 aliphatic heterocycles. The van der Waals surface area contributed by atoms with E-state index in [0.717, 1.165) is 17.9 Å². The molecular formula is C14H18N2OS. The second kappa shape index (κ2) is 5.40. The second-order valence-corrected chi connectivity index (χ2v) is 5.32. The molecule has 0 aliphatic rings. The first-order valence-corrected chi connectivity index (χ1v) is 6.85. The Bertz CT molecular complexity index is 549. The van der Waals surface area contributed by atoms with Crippen molar-refractivity contribution in [3.63, 3.8) is 0 Å². The lowest BCUT2D eigenvalue weighted by atomic mass is 10.1. The number of nitrogens with zero attached hydrogens (tertiary/aromatic N) is 1. The molecule has 1 aromatic heterocycles. The third-order valence-electron chi connectivity index (χ3n) is 3.05. The highest BCUT2D eigenvalue weighted by atomic mass is 32.1. The van der Waals surface area contributed by atoms with E-state index in [0.29, 0.717) is 11.7 Å². The normalized spacial score (nSPS) is 10.6. The van der Waals surface area contributed by atoms with Gasteiger partial charge < -0.3 is 10.5 Å². The summed E-state index contributed by atoms with van der Waals surface area (Å²) in [5.74, 6) is 0.998. The molecule has 1 heterocycles. The number of aryl methyl sites for hydroxylation is 2. The molecule has 2 rings (SSSR count). The van der Waals surface area contributed by atoms with Crippen LogP contribution in [0.25, 0.3) is 0 Å². The molecule has 3 nitrogen and oxygen atoms in total. The summed E-state index contributed by atoms with van der Waals surface area (Å²) in [5, 5.41) is 2.60. The van der Waals surface area contributed by atoms with Crippen LogP contribution in [0.5, 0.6) is 5.75 Å². The number of nitrogen functional groups attached to an aromatic ring is 1. The van der Waals surface area contributed by atoms with Gasteiger partial charge in [0.2, 0.25) is 0 Å². The minimum absolute atomic E-state index is 0.618. The van der Waals surface area contributed by atoms with Crippen LogP contribution in [0.1, 0.15) is 22.4 Å². The molecule has 96 valence electrons. The van der Waals surface area contributed by atoms with E-state index in [-0.39, 0.29) is 0 Å². The van der Waals surface area contributed by atoms with E-state index in [2.05, 4.69) is 37.9 Å². The van der Waals surface area contributed by atoms with E-state index < -0.39 is 0 Å². The molecule has 4 heteroatoms. The fraction of sp³-hybridized carbons (Fsp3) is 0.357. The Morgan fingerprint density at radius 2 is 1.94 bits per heavy atom. The number of hydrogen-bond acceptors (Lipinski definition) is 4. The highest BCUT2D eigenvalue weighted by Gasteiger charge is 2.07. The van der Waals surface area contributed by atoms with Crippen LogP contribution in [0.3, 0.4) is 0 Å². The molecule has 0 unspecified atom stereocenters. The van der Waals surface area contributed by atoms with Crippen molar-refractivity contribution in [2.75, 3.05) is 12.3 Å². The Hall–Kier alpha value is -1.55. The summed E-state index contributed by atoms with van der Waals surface area (Å²) in [5.41, 5.74) is 10.2. The Kier molecular flexibility index (Phi) is 3.87. The van der Waals surface area contributed by atoms with Gasteiger partial charge in [0.05, 0.1) is 12.3 Å². The predicted octanol–water partition coefficient (Wildman–Crippen LogP) is 3.27. The average Bonchev–Trinajstić information content (AvgIpc) is 2.74. The standard InChI is InChI=1S/C14H18N2OS/c1-9-4-5-10(2)13(11(9)3)17-7-6-12-8-18-14(15)16-12/h4-5,8H,6-7H2,1-3H3,(H2,15,16). The Labute approximate surface area is 112 Å². The molecule has 1 aromatic carbocycles. The molecule has 0 amide bonds. The topological polar surface area (TPSA) is 48.1 Å². The van der Waals surface area contributed by atoms with Crippen molar-refractivity contribution in [3.8, 4) is 5.75 Å². The molecule has 18 heavy (non-hydrogen) atoms. The van der Waals surface area contributed by atoms with Crippen molar-refractivity contribution >= 4 is 16.5 Å². The smallest absolute Gasteiger partial charge is 0.180 e. The lowest BCUT2D eigenvalue weighted by molar-refractivity contribution is 0.316. The van der Waals surface area contributed by atoms with E-state index in [4.69, 9.17) is 10.5 Å². The molecule has 0 fully saturated rings. The first kappa shape index (κ1) is 12.9. The fourth-order valence-electron chi connectivity index (χ4n) is 1.84. The summed E-state index contributed by atoms with van der Waals surface area (Å²) in [6.45, 7) is 6.90. The monoisotopic (exact) mass is 262 g/mol. The first-order chi connectivity index (χ1) is 8.58. The molecule has 0 saturated carbocycles. The second-order valence-electron chi connectivity index (χ2n) is 4.43. The molecular weight excluding hydrogens is 244 g/mol. The van der Waals surface area contributed by atoms with Crippen LogP contribution in [0, 0.1) is 20.8 Å². The molecule has 0 bridgehead atoms. The van der Waals surface area contributed by atoms with Gasteiger partial charge in [0.15, 0.2) is 5.13 Å². The summed E-state index contributed by atoms with van der Waals surface area (Å²) in [6.07, 6.45) is 0.792. The summed E-state index contributed by atoms with van der Waals surface area (Å²) in [4.78, 5) is 4.22. The number of benzene rings is 1. The number of nitrogens with two attached hydrogens (primary N) is 1. The van der Waals surface area contributed by atoms with Crippen molar-refractivity contribution in [1.82, 2.24) is 4.98 Å². The SMILES string of the molecule is Cc1ccc(C)c(OCCc2csc(N)n2)c1C. The maximum absolute atomic E-state index is 5.89. The third-order valence-corrected chi connectivity index (χ3v) is 3.77. The molecule has 0 aliphatic carbocycles. The third kappa shape index (κ3) is 2.82. The van der Waals surface area contributed by atoms with Crippen molar-refractivity contribution in [2.45, 2.75) is 27.2 Å². The van der Waals surface area contributed by atoms with E-state index in [1.165, 1.54) is 28.0 Å². The Balaban J connectivity index is 2.00. The lowest BCUT2D eigenvalue weighted by Crippen LogP contribution is -2.05. The van der Waals surface area contributed by atoms with Gasteiger partial charge in [-0.3, -0.25) is 0 Å².